The number of hydrogen-bond donors (Lipinski definition) is 0. The van der Waals surface area contributed by atoms with Crippen molar-refractivity contribution in [2.24, 2.45) is 7.05 Å². The SMILES string of the molecule is Cn1c2ccccc2c2cc3c(c(-n4c5ccccc5c5ccccc54)c21)N(c1ccc(C(C)(C)C)cc1)c1cc(C(C)(C)C)cc2c1B3c1ccc(-n3c4ccccc4c4ccccc43)cc1N2c1ccc(C(C)(C)C)cc1. The summed E-state index contributed by atoms with van der Waals surface area (Å²) in [6.45, 7) is 20.9. The van der Waals surface area contributed by atoms with Gasteiger partial charge >= 0.3 is 0 Å². The Kier molecular flexibility index (Phi) is 10.0. The summed E-state index contributed by atoms with van der Waals surface area (Å²) in [5.41, 5.74) is 24.1. The van der Waals surface area contributed by atoms with Crippen molar-refractivity contribution >= 4 is 123 Å². The number of aryl methyl sites for hydroxylation is 1. The first-order valence-electron chi connectivity index (χ1n) is 28.2. The van der Waals surface area contributed by atoms with Crippen molar-refractivity contribution in [2.45, 2.75) is 78.6 Å². The van der Waals surface area contributed by atoms with Gasteiger partial charge in [0.2, 0.25) is 0 Å². The highest BCUT2D eigenvalue weighted by molar-refractivity contribution is 7.00. The Hall–Kier alpha value is -8.74. The number of benzene rings is 10. The summed E-state index contributed by atoms with van der Waals surface area (Å²) >= 11 is 0. The minimum Gasteiger partial charge on any atom is -0.342 e. The average Bonchev–Trinajstić information content (AvgIpc) is 4.15. The smallest absolute Gasteiger partial charge is 0.252 e. The van der Waals surface area contributed by atoms with Crippen molar-refractivity contribution in [3.8, 4) is 11.4 Å². The first-order chi connectivity index (χ1) is 38.0. The second-order valence-electron chi connectivity index (χ2n) is 25.5. The molecule has 0 aliphatic carbocycles. The molecule has 10 aromatic carbocycles. The monoisotopic (exact) mass is 1020 g/mol. The fraction of sp³-hybridized carbons (Fsp3) is 0.178. The Labute approximate surface area is 463 Å². The molecule has 6 heteroatoms. The predicted molar refractivity (Wildman–Crippen MR) is 339 cm³/mol. The lowest BCUT2D eigenvalue weighted by Gasteiger charge is -2.46. The lowest BCUT2D eigenvalue weighted by atomic mass is 9.33. The molecule has 0 spiro atoms. The quantitative estimate of drug-likeness (QED) is 0.164. The van der Waals surface area contributed by atoms with E-state index < -0.39 is 0 Å². The Morgan fingerprint density at radius 2 is 0.722 bits per heavy atom. The van der Waals surface area contributed by atoms with Gasteiger partial charge in [0.05, 0.1) is 39.0 Å². The summed E-state index contributed by atoms with van der Waals surface area (Å²) < 4.78 is 7.56. The molecule has 5 nitrogen and oxygen atoms in total. The van der Waals surface area contributed by atoms with E-state index in [2.05, 4.69) is 299 Å². The van der Waals surface area contributed by atoms with Crippen molar-refractivity contribution in [2.75, 3.05) is 9.80 Å². The minimum atomic E-state index is -0.203. The molecule has 0 radical (unpaired) electrons. The summed E-state index contributed by atoms with van der Waals surface area (Å²) in [6, 6.07) is 78.9. The van der Waals surface area contributed by atoms with Crippen LogP contribution in [0.25, 0.3) is 76.8 Å². The molecule has 0 saturated heterocycles. The van der Waals surface area contributed by atoms with Gasteiger partial charge in [0.15, 0.2) is 0 Å². The van der Waals surface area contributed by atoms with E-state index in [1.807, 2.05) is 0 Å². The van der Waals surface area contributed by atoms with Crippen LogP contribution in [0.3, 0.4) is 0 Å². The summed E-state index contributed by atoms with van der Waals surface area (Å²) in [5.74, 6) is 0. The fourth-order valence-corrected chi connectivity index (χ4v) is 13.7. The summed E-state index contributed by atoms with van der Waals surface area (Å²) in [6.07, 6.45) is 0. The van der Waals surface area contributed by atoms with Crippen LogP contribution in [-0.4, -0.2) is 20.4 Å². The van der Waals surface area contributed by atoms with Gasteiger partial charge in [0, 0.05) is 79.0 Å². The second kappa shape index (κ2) is 16.6. The molecule has 0 N–H and O–H groups in total. The Morgan fingerprint density at radius 3 is 1.20 bits per heavy atom. The first kappa shape index (κ1) is 47.5. The maximum Gasteiger partial charge on any atom is 0.252 e. The lowest BCUT2D eigenvalue weighted by Crippen LogP contribution is -2.61. The van der Waals surface area contributed by atoms with Crippen LogP contribution in [0.2, 0.25) is 0 Å². The predicted octanol–water partition coefficient (Wildman–Crippen LogP) is 17.5. The molecule has 0 unspecified atom stereocenters. The van der Waals surface area contributed by atoms with E-state index in [0.717, 1.165) is 17.1 Å². The molecular weight excluding hydrogens is 958 g/mol. The van der Waals surface area contributed by atoms with Crippen molar-refractivity contribution in [3.63, 3.8) is 0 Å². The Balaban J connectivity index is 1.14. The third kappa shape index (κ3) is 6.89. The summed E-state index contributed by atoms with van der Waals surface area (Å²) in [7, 11) is 2.28. The van der Waals surface area contributed by atoms with Gasteiger partial charge in [-0.1, -0.05) is 190 Å². The molecule has 15 rings (SSSR count). The molecule has 3 aromatic heterocycles. The number of anilines is 6. The average molecular weight is 1020 g/mol. The summed E-state index contributed by atoms with van der Waals surface area (Å²) in [4.78, 5) is 5.28. The van der Waals surface area contributed by atoms with Crippen LogP contribution in [0.4, 0.5) is 34.1 Å². The standard InChI is InChI=1S/C73H64BN5/c1-71(2,3)45-31-35-48(36-32-45)76-64-43-50(77-60-27-17-12-21-51(60)52-22-13-18-28-61(52)77)39-40-57(64)74-58-44-56-55-25-11-16-26-59(55)75(10)68(56)70(79-62-29-19-14-23-53(62)54-24-15-20-30-63(54)79)69(58)78(49-37-33-46(34-38-49)72(4,5)6)66-42-47(73(7,8)9)41-65(76)67(66)74/h11-44H,1-10H3. The fourth-order valence-electron chi connectivity index (χ4n) is 13.7. The molecule has 79 heavy (non-hydrogen) atoms. The van der Waals surface area contributed by atoms with Crippen molar-refractivity contribution in [1.29, 1.82) is 0 Å². The van der Waals surface area contributed by atoms with Gasteiger partial charge in [0.25, 0.3) is 6.71 Å². The van der Waals surface area contributed by atoms with Crippen LogP contribution in [0.5, 0.6) is 0 Å². The molecule has 5 heterocycles. The maximum atomic E-state index is 2.67. The molecule has 384 valence electrons. The molecule has 2 aliphatic heterocycles. The first-order valence-corrected chi connectivity index (χ1v) is 28.2. The number of fused-ring (bicyclic) bond motifs is 13. The highest BCUT2D eigenvalue weighted by atomic mass is 15.2. The van der Waals surface area contributed by atoms with Gasteiger partial charge in [-0.05, 0) is 128 Å². The van der Waals surface area contributed by atoms with Crippen LogP contribution in [0, 0.1) is 0 Å². The van der Waals surface area contributed by atoms with E-state index in [4.69, 9.17) is 0 Å². The van der Waals surface area contributed by atoms with Gasteiger partial charge in [-0.25, -0.2) is 0 Å². The van der Waals surface area contributed by atoms with Crippen LogP contribution in [0.15, 0.2) is 206 Å². The normalized spacial score (nSPS) is 13.6. The molecule has 13 aromatic rings. The maximum absolute atomic E-state index is 2.67. The van der Waals surface area contributed by atoms with Gasteiger partial charge in [-0.2, -0.15) is 0 Å². The van der Waals surface area contributed by atoms with Gasteiger partial charge < -0.3 is 23.5 Å². The van der Waals surface area contributed by atoms with E-state index in [-0.39, 0.29) is 23.0 Å². The largest absolute Gasteiger partial charge is 0.342 e. The van der Waals surface area contributed by atoms with E-state index in [9.17, 15) is 0 Å². The summed E-state index contributed by atoms with van der Waals surface area (Å²) in [5, 5.41) is 7.49. The number of rotatable bonds is 4. The Bertz CT molecular complexity index is 4570. The van der Waals surface area contributed by atoms with Crippen LogP contribution < -0.4 is 26.2 Å². The van der Waals surface area contributed by atoms with E-state index in [0.29, 0.717) is 0 Å². The van der Waals surface area contributed by atoms with Crippen molar-refractivity contribution < 1.29 is 0 Å². The molecule has 0 saturated carbocycles. The van der Waals surface area contributed by atoms with Crippen molar-refractivity contribution in [1.82, 2.24) is 13.7 Å². The van der Waals surface area contributed by atoms with Crippen LogP contribution >= 0.6 is 0 Å². The molecular formula is C73H64BN5. The minimum absolute atomic E-state index is 0.00771. The second-order valence-corrected chi connectivity index (χ2v) is 25.5. The van der Waals surface area contributed by atoms with Crippen LogP contribution in [-0.2, 0) is 23.3 Å². The van der Waals surface area contributed by atoms with Crippen molar-refractivity contribution in [3.05, 3.63) is 223 Å². The van der Waals surface area contributed by atoms with E-state index in [1.165, 1.54) is 127 Å². The number of hydrogen-bond acceptors (Lipinski definition) is 2. The third-order valence-electron chi connectivity index (χ3n) is 17.7. The van der Waals surface area contributed by atoms with Gasteiger partial charge in [-0.15, -0.1) is 0 Å². The van der Waals surface area contributed by atoms with E-state index in [1.54, 1.807) is 0 Å². The topological polar surface area (TPSA) is 21.3 Å². The molecule has 0 bridgehead atoms. The highest BCUT2D eigenvalue weighted by Gasteiger charge is 2.46. The van der Waals surface area contributed by atoms with E-state index >= 15 is 0 Å². The highest BCUT2D eigenvalue weighted by Crippen LogP contribution is 2.52. The Morgan fingerprint density at radius 1 is 0.316 bits per heavy atom. The third-order valence-corrected chi connectivity index (χ3v) is 17.7. The van der Waals surface area contributed by atoms with Gasteiger partial charge in [0.1, 0.15) is 0 Å². The molecule has 0 fully saturated rings. The van der Waals surface area contributed by atoms with Gasteiger partial charge in [-0.3, -0.25) is 0 Å². The van der Waals surface area contributed by atoms with Crippen LogP contribution in [0.1, 0.15) is 79.0 Å². The lowest BCUT2D eigenvalue weighted by molar-refractivity contribution is 0.590. The zero-order valence-corrected chi connectivity index (χ0v) is 46.9. The number of para-hydroxylation sites is 5. The zero-order valence-electron chi connectivity index (χ0n) is 46.9. The zero-order chi connectivity index (χ0) is 54.0. The number of aromatic nitrogens is 3. The number of nitrogens with zero attached hydrogens (tertiary/aromatic N) is 5. The molecule has 0 atom stereocenters. The molecule has 2 aliphatic rings. The molecule has 0 amide bonds.